The molecule has 0 radical (unpaired) electrons. The van der Waals surface area contributed by atoms with Gasteiger partial charge in [-0.25, -0.2) is 4.98 Å². The normalized spacial score (nSPS) is 26.7. The number of hydrogen-bond donors (Lipinski definition) is 2. The molecule has 1 unspecified atom stereocenters. The summed E-state index contributed by atoms with van der Waals surface area (Å²) >= 11 is 0. The van der Waals surface area contributed by atoms with E-state index in [1.165, 1.54) is 6.07 Å². The minimum Gasteiger partial charge on any atom is -0.369 e. The van der Waals surface area contributed by atoms with Crippen LogP contribution in [-0.4, -0.2) is 29.0 Å². The molecule has 2 heterocycles. The van der Waals surface area contributed by atoms with Crippen LogP contribution in [0.25, 0.3) is 0 Å². The molecule has 2 aliphatic rings. The Kier molecular flexibility index (Phi) is 2.62. The lowest BCUT2D eigenvalue weighted by atomic mass is 9.89. The number of nitrogens with one attached hydrogen (secondary N) is 1. The zero-order valence-corrected chi connectivity index (χ0v) is 11.0. The maximum Gasteiger partial charge on any atom is 0.252 e. The summed E-state index contributed by atoms with van der Waals surface area (Å²) in [7, 11) is 0. The lowest BCUT2D eigenvalue weighted by Gasteiger charge is -2.21. The number of primary amides is 1. The average Bonchev–Trinajstić information content (AvgIpc) is 3.12. The van der Waals surface area contributed by atoms with Crippen LogP contribution in [-0.2, 0) is 4.79 Å². The Labute approximate surface area is 111 Å². The molecule has 1 atom stereocenters. The summed E-state index contributed by atoms with van der Waals surface area (Å²) in [4.78, 5) is 32.4. The van der Waals surface area contributed by atoms with Gasteiger partial charge in [0.05, 0.1) is 5.41 Å². The predicted molar refractivity (Wildman–Crippen MR) is 71.0 cm³/mol. The largest absolute Gasteiger partial charge is 0.369 e. The van der Waals surface area contributed by atoms with Gasteiger partial charge in [0.15, 0.2) is 0 Å². The topological polar surface area (TPSA) is 92.1 Å². The second-order valence-corrected chi connectivity index (χ2v) is 5.86. The fourth-order valence-electron chi connectivity index (χ4n) is 2.53. The van der Waals surface area contributed by atoms with Gasteiger partial charge in [-0.15, -0.1) is 0 Å². The smallest absolute Gasteiger partial charge is 0.252 e. The summed E-state index contributed by atoms with van der Waals surface area (Å²) in [5.74, 6) is 1.55. The number of carbonyl (C=O) groups excluding carboxylic acids is 1. The second kappa shape index (κ2) is 4.08. The molecule has 1 aromatic heterocycles. The minimum atomic E-state index is -0.524. The summed E-state index contributed by atoms with van der Waals surface area (Å²) < 4.78 is 0. The zero-order chi connectivity index (χ0) is 13.6. The summed E-state index contributed by atoms with van der Waals surface area (Å²) in [5.41, 5.74) is 4.79. The SMILES string of the molecule is CC1(C(N)=O)CCN(c2cc(=O)[nH]c(C3CC3)n2)C1. The van der Waals surface area contributed by atoms with Crippen LogP contribution >= 0.6 is 0 Å². The van der Waals surface area contributed by atoms with Gasteiger partial charge in [-0.2, -0.15) is 0 Å². The van der Waals surface area contributed by atoms with Crippen molar-refractivity contribution >= 4 is 11.7 Å². The Morgan fingerprint density at radius 1 is 1.58 bits per heavy atom. The molecule has 0 bridgehead atoms. The van der Waals surface area contributed by atoms with Gasteiger partial charge in [0.25, 0.3) is 5.56 Å². The molecule has 1 saturated heterocycles. The molecule has 3 N–H and O–H groups in total. The highest BCUT2D eigenvalue weighted by atomic mass is 16.1. The Morgan fingerprint density at radius 2 is 2.32 bits per heavy atom. The Bertz CT molecular complexity index is 578. The highest BCUT2D eigenvalue weighted by molar-refractivity contribution is 5.82. The third kappa shape index (κ3) is 2.22. The van der Waals surface area contributed by atoms with Crippen molar-refractivity contribution in [3.8, 4) is 0 Å². The van der Waals surface area contributed by atoms with E-state index >= 15 is 0 Å². The van der Waals surface area contributed by atoms with Gasteiger partial charge in [0.2, 0.25) is 5.91 Å². The minimum absolute atomic E-state index is 0.125. The third-order valence-corrected chi connectivity index (χ3v) is 4.10. The molecule has 1 aromatic rings. The first-order valence-corrected chi connectivity index (χ1v) is 6.64. The number of rotatable bonds is 3. The number of H-pyrrole nitrogens is 1. The van der Waals surface area contributed by atoms with E-state index in [0.717, 1.165) is 18.7 Å². The fraction of sp³-hybridized carbons (Fsp3) is 0.615. The van der Waals surface area contributed by atoms with Gasteiger partial charge in [0.1, 0.15) is 11.6 Å². The number of aromatic nitrogens is 2. The van der Waals surface area contributed by atoms with Crippen molar-refractivity contribution in [2.75, 3.05) is 18.0 Å². The van der Waals surface area contributed by atoms with Gasteiger partial charge >= 0.3 is 0 Å². The van der Waals surface area contributed by atoms with Crippen LogP contribution in [0.1, 0.15) is 37.9 Å². The van der Waals surface area contributed by atoms with Crippen LogP contribution in [0.15, 0.2) is 10.9 Å². The summed E-state index contributed by atoms with van der Waals surface area (Å²) in [6, 6.07) is 1.50. The Morgan fingerprint density at radius 3 is 2.89 bits per heavy atom. The number of amides is 1. The van der Waals surface area contributed by atoms with Gasteiger partial charge in [0, 0.05) is 25.1 Å². The first kappa shape index (κ1) is 12.2. The van der Waals surface area contributed by atoms with Crippen molar-refractivity contribution in [1.82, 2.24) is 9.97 Å². The number of nitrogens with zero attached hydrogens (tertiary/aromatic N) is 2. The molecule has 0 aromatic carbocycles. The first-order chi connectivity index (χ1) is 8.98. The first-order valence-electron chi connectivity index (χ1n) is 6.64. The maximum atomic E-state index is 11.7. The van der Waals surface area contributed by atoms with Crippen LogP contribution in [0.2, 0.25) is 0 Å². The molecular formula is C13H18N4O2. The van der Waals surface area contributed by atoms with Crippen LogP contribution < -0.4 is 16.2 Å². The van der Waals surface area contributed by atoms with Crippen LogP contribution in [0, 0.1) is 5.41 Å². The third-order valence-electron chi connectivity index (χ3n) is 4.10. The molecule has 0 spiro atoms. The average molecular weight is 262 g/mol. The quantitative estimate of drug-likeness (QED) is 0.822. The number of carbonyl (C=O) groups is 1. The van der Waals surface area contributed by atoms with E-state index in [0.29, 0.717) is 31.2 Å². The van der Waals surface area contributed by atoms with Crippen molar-refractivity contribution < 1.29 is 4.79 Å². The molecule has 3 rings (SSSR count). The van der Waals surface area contributed by atoms with Gasteiger partial charge in [-0.1, -0.05) is 0 Å². The highest BCUT2D eigenvalue weighted by Crippen LogP contribution is 2.38. The van der Waals surface area contributed by atoms with E-state index in [1.54, 1.807) is 0 Å². The van der Waals surface area contributed by atoms with Crippen molar-refractivity contribution in [1.29, 1.82) is 0 Å². The van der Waals surface area contributed by atoms with Crippen molar-refractivity contribution in [2.45, 2.75) is 32.1 Å². The summed E-state index contributed by atoms with van der Waals surface area (Å²) in [6.07, 6.45) is 2.88. The summed E-state index contributed by atoms with van der Waals surface area (Å²) in [5, 5.41) is 0. The monoisotopic (exact) mass is 262 g/mol. The number of nitrogens with two attached hydrogens (primary N) is 1. The molecule has 6 nitrogen and oxygen atoms in total. The standard InChI is InChI=1S/C13H18N4O2/c1-13(12(14)19)4-5-17(7-13)9-6-10(18)16-11(15-9)8-2-3-8/h6,8H,2-5,7H2,1H3,(H2,14,19)(H,15,16,18). The molecule has 19 heavy (non-hydrogen) atoms. The molecule has 1 saturated carbocycles. The number of anilines is 1. The Hall–Kier alpha value is -1.85. The van der Waals surface area contributed by atoms with Crippen LogP contribution in [0.3, 0.4) is 0 Å². The Balaban J connectivity index is 1.87. The van der Waals surface area contributed by atoms with Gasteiger partial charge < -0.3 is 15.6 Å². The van der Waals surface area contributed by atoms with E-state index in [-0.39, 0.29) is 11.5 Å². The van der Waals surface area contributed by atoms with Crippen molar-refractivity contribution in [2.24, 2.45) is 11.1 Å². The van der Waals surface area contributed by atoms with Crippen molar-refractivity contribution in [3.63, 3.8) is 0 Å². The molecule has 1 aliphatic heterocycles. The van der Waals surface area contributed by atoms with Crippen molar-refractivity contribution in [3.05, 3.63) is 22.2 Å². The van der Waals surface area contributed by atoms with E-state index < -0.39 is 5.41 Å². The van der Waals surface area contributed by atoms with E-state index in [9.17, 15) is 9.59 Å². The van der Waals surface area contributed by atoms with Gasteiger partial charge in [-0.05, 0) is 26.2 Å². The lowest BCUT2D eigenvalue weighted by Crippen LogP contribution is -2.37. The predicted octanol–water partition coefficient (Wildman–Crippen LogP) is 0.349. The molecule has 1 aliphatic carbocycles. The van der Waals surface area contributed by atoms with Crippen LogP contribution in [0.5, 0.6) is 0 Å². The highest BCUT2D eigenvalue weighted by Gasteiger charge is 2.39. The second-order valence-electron chi connectivity index (χ2n) is 5.86. The maximum absolute atomic E-state index is 11.7. The zero-order valence-electron chi connectivity index (χ0n) is 11.0. The molecule has 1 amide bonds. The van der Waals surface area contributed by atoms with E-state index in [1.807, 2.05) is 11.8 Å². The fourth-order valence-corrected chi connectivity index (χ4v) is 2.53. The molecule has 2 fully saturated rings. The lowest BCUT2D eigenvalue weighted by molar-refractivity contribution is -0.125. The van der Waals surface area contributed by atoms with Crippen LogP contribution in [0.4, 0.5) is 5.82 Å². The van der Waals surface area contributed by atoms with Gasteiger partial charge in [-0.3, -0.25) is 9.59 Å². The number of aromatic amines is 1. The number of hydrogen-bond acceptors (Lipinski definition) is 4. The van der Waals surface area contributed by atoms with E-state index in [4.69, 9.17) is 5.73 Å². The summed E-state index contributed by atoms with van der Waals surface area (Å²) in [6.45, 7) is 3.10. The molecule has 6 heteroatoms. The molecule has 102 valence electrons. The molecular weight excluding hydrogens is 244 g/mol. The van der Waals surface area contributed by atoms with E-state index in [2.05, 4.69) is 9.97 Å².